The van der Waals surface area contributed by atoms with Crippen molar-refractivity contribution < 1.29 is 29.4 Å². The highest BCUT2D eigenvalue weighted by atomic mass is 16.4. The van der Waals surface area contributed by atoms with Gasteiger partial charge in [-0.1, -0.05) is 19.3 Å². The van der Waals surface area contributed by atoms with Crippen LogP contribution in [0.4, 0.5) is 0 Å². The summed E-state index contributed by atoms with van der Waals surface area (Å²) in [5, 5.41) is 19.4. The molecule has 1 saturated carbocycles. The molecule has 0 aromatic carbocycles. The molecular formula is C16H26N2O6. The number of aldehydes is 1. The topological polar surface area (TPSA) is 138 Å². The first-order valence-corrected chi connectivity index (χ1v) is 8.25. The molecule has 0 saturated heterocycles. The van der Waals surface area contributed by atoms with Gasteiger partial charge in [0.2, 0.25) is 5.91 Å². The first kappa shape index (κ1) is 20.2. The molecule has 24 heavy (non-hydrogen) atoms. The molecule has 2 amide bonds. The van der Waals surface area contributed by atoms with Crippen LogP contribution < -0.4 is 5.73 Å². The van der Waals surface area contributed by atoms with E-state index >= 15 is 0 Å². The summed E-state index contributed by atoms with van der Waals surface area (Å²) < 4.78 is 0. The molecule has 136 valence electrons. The second-order valence-electron chi connectivity index (χ2n) is 6.33. The molecule has 4 N–H and O–H groups in total. The Hall–Kier alpha value is -1.80. The fourth-order valence-electron chi connectivity index (χ4n) is 3.07. The van der Waals surface area contributed by atoms with Gasteiger partial charge in [-0.2, -0.15) is 0 Å². The van der Waals surface area contributed by atoms with Gasteiger partial charge < -0.3 is 20.7 Å². The normalized spacial score (nSPS) is 19.1. The molecule has 0 heterocycles. The highest BCUT2D eigenvalue weighted by molar-refractivity contribution is 6.00. The summed E-state index contributed by atoms with van der Waals surface area (Å²) in [4.78, 5) is 47.6. The Balaban J connectivity index is 3.05. The first-order chi connectivity index (χ1) is 11.3. The molecule has 1 aliphatic carbocycles. The number of amides is 2. The molecule has 0 aliphatic heterocycles. The summed E-state index contributed by atoms with van der Waals surface area (Å²) in [6.07, 6.45) is 2.34. The second-order valence-corrected chi connectivity index (χ2v) is 6.33. The van der Waals surface area contributed by atoms with Crippen LogP contribution in [0.15, 0.2) is 0 Å². The van der Waals surface area contributed by atoms with E-state index in [-0.39, 0.29) is 12.3 Å². The van der Waals surface area contributed by atoms with Gasteiger partial charge in [0.1, 0.15) is 12.4 Å². The molecule has 0 aromatic heterocycles. The van der Waals surface area contributed by atoms with Crippen molar-refractivity contribution in [2.45, 2.75) is 70.1 Å². The van der Waals surface area contributed by atoms with Gasteiger partial charge in [-0.25, -0.2) is 0 Å². The molecule has 0 aromatic rings. The maximum Gasteiger partial charge on any atom is 0.305 e. The van der Waals surface area contributed by atoms with E-state index in [1.165, 1.54) is 6.92 Å². The van der Waals surface area contributed by atoms with E-state index in [2.05, 4.69) is 0 Å². The number of hydrogen-bond acceptors (Lipinski definition) is 6. The molecule has 0 radical (unpaired) electrons. The molecule has 1 rings (SSSR count). The van der Waals surface area contributed by atoms with Crippen LogP contribution in [0.1, 0.15) is 51.9 Å². The third-order valence-electron chi connectivity index (χ3n) is 4.36. The van der Waals surface area contributed by atoms with Crippen molar-refractivity contribution in [1.29, 1.82) is 0 Å². The van der Waals surface area contributed by atoms with Crippen molar-refractivity contribution in [3.05, 3.63) is 0 Å². The van der Waals surface area contributed by atoms with Crippen LogP contribution in [0.2, 0.25) is 0 Å². The number of aliphatic hydroxyl groups is 1. The lowest BCUT2D eigenvalue weighted by atomic mass is 9.84. The molecule has 0 bridgehead atoms. The standard InChI is InChI=1S/C16H26N2O6/c1-10(17)15(23)18(12(7-8-19)9-13(20)21)16(24)14(22)11-5-3-2-4-6-11/h8,10-12,14,22H,2-7,9,17H2,1H3,(H,20,21)/t10-,12+,14?/m0/s1. The zero-order chi connectivity index (χ0) is 18.3. The summed E-state index contributed by atoms with van der Waals surface area (Å²) >= 11 is 0. The van der Waals surface area contributed by atoms with E-state index in [9.17, 15) is 24.3 Å². The van der Waals surface area contributed by atoms with E-state index in [0.717, 1.165) is 19.3 Å². The van der Waals surface area contributed by atoms with E-state index in [1.54, 1.807) is 0 Å². The molecule has 1 unspecified atom stereocenters. The molecule has 0 spiro atoms. The lowest BCUT2D eigenvalue weighted by Gasteiger charge is -2.34. The van der Waals surface area contributed by atoms with E-state index in [1.807, 2.05) is 0 Å². The van der Waals surface area contributed by atoms with Crippen LogP contribution in [-0.2, 0) is 19.2 Å². The summed E-state index contributed by atoms with van der Waals surface area (Å²) in [5.74, 6) is -3.17. The Bertz CT molecular complexity index is 473. The number of hydrogen-bond donors (Lipinski definition) is 3. The van der Waals surface area contributed by atoms with Gasteiger partial charge in [-0.3, -0.25) is 19.3 Å². The van der Waals surface area contributed by atoms with Crippen molar-refractivity contribution in [3.8, 4) is 0 Å². The van der Waals surface area contributed by atoms with Gasteiger partial charge in [0, 0.05) is 6.42 Å². The van der Waals surface area contributed by atoms with Gasteiger partial charge in [0.05, 0.1) is 18.5 Å². The van der Waals surface area contributed by atoms with E-state index in [4.69, 9.17) is 10.8 Å². The monoisotopic (exact) mass is 342 g/mol. The highest BCUT2D eigenvalue weighted by Crippen LogP contribution is 2.28. The fraction of sp³-hybridized carbons (Fsp3) is 0.750. The Morgan fingerprint density at radius 2 is 1.79 bits per heavy atom. The molecule has 8 nitrogen and oxygen atoms in total. The molecule has 1 fully saturated rings. The largest absolute Gasteiger partial charge is 0.481 e. The fourth-order valence-corrected chi connectivity index (χ4v) is 3.07. The van der Waals surface area contributed by atoms with Crippen molar-refractivity contribution >= 4 is 24.1 Å². The highest BCUT2D eigenvalue weighted by Gasteiger charge is 2.38. The average molecular weight is 342 g/mol. The Labute approximate surface area is 141 Å². The summed E-state index contributed by atoms with van der Waals surface area (Å²) in [5.41, 5.74) is 5.56. The third-order valence-corrected chi connectivity index (χ3v) is 4.36. The molecule has 3 atom stereocenters. The number of rotatable bonds is 8. The quantitative estimate of drug-likeness (QED) is 0.530. The van der Waals surface area contributed by atoms with Crippen molar-refractivity contribution in [2.24, 2.45) is 11.7 Å². The third kappa shape index (κ3) is 5.38. The Morgan fingerprint density at radius 3 is 2.25 bits per heavy atom. The van der Waals surface area contributed by atoms with Crippen LogP contribution in [0, 0.1) is 5.92 Å². The first-order valence-electron chi connectivity index (χ1n) is 8.25. The van der Waals surface area contributed by atoms with Crippen molar-refractivity contribution in [3.63, 3.8) is 0 Å². The Morgan fingerprint density at radius 1 is 1.21 bits per heavy atom. The molecular weight excluding hydrogens is 316 g/mol. The summed E-state index contributed by atoms with van der Waals surface area (Å²) in [7, 11) is 0. The number of nitrogens with two attached hydrogens (primary N) is 1. The van der Waals surface area contributed by atoms with Gasteiger partial charge >= 0.3 is 5.97 Å². The summed E-state index contributed by atoms with van der Waals surface area (Å²) in [6.45, 7) is 1.37. The maximum atomic E-state index is 12.7. The number of imide groups is 1. The number of carboxylic acids is 1. The van der Waals surface area contributed by atoms with Crippen LogP contribution in [0.25, 0.3) is 0 Å². The van der Waals surface area contributed by atoms with Crippen LogP contribution >= 0.6 is 0 Å². The smallest absolute Gasteiger partial charge is 0.305 e. The second kappa shape index (κ2) is 9.48. The number of carbonyl (C=O) groups is 4. The minimum atomic E-state index is -1.39. The van der Waals surface area contributed by atoms with Crippen LogP contribution in [0.5, 0.6) is 0 Å². The van der Waals surface area contributed by atoms with Gasteiger partial charge in [-0.15, -0.1) is 0 Å². The molecule has 8 heteroatoms. The van der Waals surface area contributed by atoms with Gasteiger partial charge in [0.25, 0.3) is 5.91 Å². The predicted molar refractivity (Wildman–Crippen MR) is 84.8 cm³/mol. The number of carbonyl (C=O) groups excluding carboxylic acids is 3. The van der Waals surface area contributed by atoms with Crippen LogP contribution in [0.3, 0.4) is 0 Å². The molecule has 1 aliphatic rings. The number of aliphatic hydroxyl groups excluding tert-OH is 1. The average Bonchev–Trinajstić information content (AvgIpc) is 2.54. The lowest BCUT2D eigenvalue weighted by Crippen LogP contribution is -2.55. The number of nitrogens with zero attached hydrogens (tertiary/aromatic N) is 1. The van der Waals surface area contributed by atoms with E-state index < -0.39 is 42.4 Å². The van der Waals surface area contributed by atoms with Crippen molar-refractivity contribution in [1.82, 2.24) is 4.90 Å². The van der Waals surface area contributed by atoms with Gasteiger partial charge in [-0.05, 0) is 25.7 Å². The number of aliphatic carboxylic acids is 1. The minimum absolute atomic E-state index is 0.267. The zero-order valence-electron chi connectivity index (χ0n) is 13.9. The SMILES string of the molecule is C[C@H](N)C(=O)N(C(=O)C(O)C1CCCCC1)[C@H](CC=O)CC(=O)O. The zero-order valence-corrected chi connectivity index (χ0v) is 13.9. The van der Waals surface area contributed by atoms with E-state index in [0.29, 0.717) is 24.0 Å². The maximum absolute atomic E-state index is 12.7. The van der Waals surface area contributed by atoms with Gasteiger partial charge in [0.15, 0.2) is 0 Å². The predicted octanol–water partition coefficient (Wildman–Crippen LogP) is 0.0623. The Kier molecular flexibility index (Phi) is 8.00. The minimum Gasteiger partial charge on any atom is -0.481 e. The summed E-state index contributed by atoms with van der Waals surface area (Å²) in [6, 6.07) is -2.19. The number of carboxylic acid groups (broad SMARTS) is 1. The van der Waals surface area contributed by atoms with Crippen LogP contribution in [-0.4, -0.2) is 57.4 Å². The van der Waals surface area contributed by atoms with Crippen molar-refractivity contribution in [2.75, 3.05) is 0 Å². The lowest BCUT2D eigenvalue weighted by molar-refractivity contribution is -0.157.